The first-order valence-corrected chi connectivity index (χ1v) is 6.45. The Morgan fingerprint density at radius 1 is 0.929 bits per heavy atom. The van der Waals surface area contributed by atoms with Crippen LogP contribution in [0.4, 0.5) is 0 Å². The van der Waals surface area contributed by atoms with Gasteiger partial charge >= 0.3 is 0 Å². The Morgan fingerprint density at radius 2 is 1.29 bits per heavy atom. The highest BCUT2D eigenvalue weighted by Gasteiger charge is 2.19. The topological polar surface area (TPSA) is 3.24 Å². The number of hydrogen-bond acceptors (Lipinski definition) is 1. The summed E-state index contributed by atoms with van der Waals surface area (Å²) >= 11 is 10.3. The third kappa shape index (κ3) is 7.97. The number of hydrogen-bond donors (Lipinski definition) is 0. The van der Waals surface area contributed by atoms with E-state index in [1.165, 1.54) is 0 Å². The van der Waals surface area contributed by atoms with Gasteiger partial charge in [0.2, 0.25) is 0 Å². The van der Waals surface area contributed by atoms with E-state index >= 15 is 0 Å². The molecule has 0 radical (unpaired) electrons. The molecular weight excluding hydrogens is 374 g/mol. The quantitative estimate of drug-likeness (QED) is 0.604. The Labute approximate surface area is 111 Å². The maximum atomic E-state index is 3.42. The largest absolute Gasteiger partial charge is 0.312 e. The molecule has 0 aliphatic heterocycles. The van der Waals surface area contributed by atoms with Crippen LogP contribution in [-0.2, 0) is 2.14 Å². The molecule has 0 N–H and O–H groups in total. The SMILES string of the molecule is BrC(Br)(Br)c1ccccc1.CN(C)C. The lowest BCUT2D eigenvalue weighted by Gasteiger charge is -2.10. The molecule has 4 heteroatoms. The van der Waals surface area contributed by atoms with Crippen molar-refractivity contribution in [3.8, 4) is 0 Å². The molecule has 1 aromatic rings. The highest BCUT2D eigenvalue weighted by molar-refractivity contribution is 9.38. The molecule has 0 bridgehead atoms. The Hall–Kier alpha value is 0.620. The van der Waals surface area contributed by atoms with Crippen LogP contribution < -0.4 is 0 Å². The smallest absolute Gasteiger partial charge is 0.159 e. The molecule has 1 aromatic carbocycles. The average Bonchev–Trinajstić information content (AvgIpc) is 2.03. The van der Waals surface area contributed by atoms with Crippen LogP contribution in [0.5, 0.6) is 0 Å². The van der Waals surface area contributed by atoms with Crippen LogP contribution in [0.15, 0.2) is 30.3 Å². The molecule has 0 amide bonds. The Morgan fingerprint density at radius 3 is 1.50 bits per heavy atom. The van der Waals surface area contributed by atoms with Crippen molar-refractivity contribution in [2.24, 2.45) is 0 Å². The van der Waals surface area contributed by atoms with Gasteiger partial charge in [0.05, 0.1) is 0 Å². The molecule has 1 rings (SSSR count). The van der Waals surface area contributed by atoms with Gasteiger partial charge < -0.3 is 4.90 Å². The van der Waals surface area contributed by atoms with E-state index in [1.54, 1.807) is 0 Å². The molecule has 0 saturated carbocycles. The zero-order chi connectivity index (χ0) is 11.2. The van der Waals surface area contributed by atoms with Crippen molar-refractivity contribution >= 4 is 47.8 Å². The Balaban J connectivity index is 0.000000364. The number of alkyl halides is 3. The summed E-state index contributed by atoms with van der Waals surface area (Å²) in [5, 5.41) is 0. The van der Waals surface area contributed by atoms with E-state index in [0.29, 0.717) is 0 Å². The van der Waals surface area contributed by atoms with E-state index in [4.69, 9.17) is 0 Å². The Kier molecular flexibility index (Phi) is 7.30. The first kappa shape index (κ1) is 14.6. The summed E-state index contributed by atoms with van der Waals surface area (Å²) in [4.78, 5) is 2.00. The van der Waals surface area contributed by atoms with Gasteiger partial charge in [-0.2, -0.15) is 0 Å². The zero-order valence-corrected chi connectivity index (χ0v) is 13.2. The number of benzene rings is 1. The molecule has 0 aliphatic carbocycles. The molecule has 0 fully saturated rings. The maximum Gasteiger partial charge on any atom is 0.159 e. The van der Waals surface area contributed by atoms with Crippen LogP contribution >= 0.6 is 47.8 Å². The lowest BCUT2D eigenvalue weighted by Crippen LogP contribution is -1.99. The number of rotatable bonds is 0. The summed E-state index contributed by atoms with van der Waals surface area (Å²) in [5.74, 6) is 0. The standard InChI is InChI=1S/C7H5Br3.C3H9N/c8-7(9,10)6-4-2-1-3-5-6;1-4(2)3/h1-5H;1-3H3. The molecule has 0 unspecified atom stereocenters. The summed E-state index contributed by atoms with van der Waals surface area (Å²) in [6, 6.07) is 10.0. The number of halogens is 3. The molecule has 0 spiro atoms. The van der Waals surface area contributed by atoms with Gasteiger partial charge in [-0.1, -0.05) is 78.1 Å². The predicted molar refractivity (Wildman–Crippen MR) is 74.5 cm³/mol. The normalized spacial score (nSPS) is 10.8. The van der Waals surface area contributed by atoms with Crippen LogP contribution in [0.25, 0.3) is 0 Å². The van der Waals surface area contributed by atoms with Crippen molar-refractivity contribution in [1.82, 2.24) is 4.90 Å². The van der Waals surface area contributed by atoms with Gasteiger partial charge in [0.25, 0.3) is 0 Å². The van der Waals surface area contributed by atoms with Crippen LogP contribution in [0, 0.1) is 0 Å². The monoisotopic (exact) mass is 385 g/mol. The second kappa shape index (κ2) is 6.99. The maximum absolute atomic E-state index is 3.42. The second-order valence-electron chi connectivity index (χ2n) is 3.21. The van der Waals surface area contributed by atoms with Gasteiger partial charge in [0.1, 0.15) is 0 Å². The predicted octanol–water partition coefficient (Wildman–Crippen LogP) is 4.16. The summed E-state index contributed by atoms with van der Waals surface area (Å²) < 4.78 is -0.270. The molecule has 80 valence electrons. The van der Waals surface area contributed by atoms with Crippen LogP contribution in [0.1, 0.15) is 5.56 Å². The molecule has 0 heterocycles. The van der Waals surface area contributed by atoms with E-state index < -0.39 is 0 Å². The lowest BCUT2D eigenvalue weighted by molar-refractivity contribution is 0.505. The summed E-state index contributed by atoms with van der Waals surface area (Å²) in [5.41, 5.74) is 1.15. The van der Waals surface area contributed by atoms with Crippen molar-refractivity contribution < 1.29 is 0 Å². The Bertz CT molecular complexity index is 239. The summed E-state index contributed by atoms with van der Waals surface area (Å²) in [7, 11) is 6.00. The molecule has 0 saturated heterocycles. The fourth-order valence-electron chi connectivity index (χ4n) is 0.627. The van der Waals surface area contributed by atoms with E-state index in [9.17, 15) is 0 Å². The van der Waals surface area contributed by atoms with Gasteiger partial charge in [-0.3, -0.25) is 0 Å². The lowest BCUT2D eigenvalue weighted by atomic mass is 10.2. The van der Waals surface area contributed by atoms with Gasteiger partial charge in [-0.15, -0.1) is 0 Å². The van der Waals surface area contributed by atoms with Crippen LogP contribution in [-0.4, -0.2) is 26.0 Å². The third-order valence-corrected chi connectivity index (χ3v) is 2.47. The highest BCUT2D eigenvalue weighted by atomic mass is 80.0. The van der Waals surface area contributed by atoms with Crippen LogP contribution in [0.2, 0.25) is 0 Å². The van der Waals surface area contributed by atoms with Gasteiger partial charge in [-0.25, -0.2) is 0 Å². The molecule has 14 heavy (non-hydrogen) atoms. The highest BCUT2D eigenvalue weighted by Crippen LogP contribution is 2.43. The fraction of sp³-hybridized carbons (Fsp3) is 0.400. The van der Waals surface area contributed by atoms with Gasteiger partial charge in [0.15, 0.2) is 2.14 Å². The van der Waals surface area contributed by atoms with E-state index in [2.05, 4.69) is 47.8 Å². The molecular formula is C10H14Br3N. The van der Waals surface area contributed by atoms with Gasteiger partial charge in [0, 0.05) is 0 Å². The number of nitrogens with zero attached hydrogens (tertiary/aromatic N) is 1. The first-order valence-electron chi connectivity index (χ1n) is 4.07. The van der Waals surface area contributed by atoms with Crippen molar-refractivity contribution in [2.45, 2.75) is 2.14 Å². The molecule has 0 aromatic heterocycles. The van der Waals surface area contributed by atoms with E-state index in [1.807, 2.05) is 56.4 Å². The second-order valence-corrected chi connectivity index (χ2v) is 9.97. The van der Waals surface area contributed by atoms with Crippen molar-refractivity contribution in [2.75, 3.05) is 21.1 Å². The van der Waals surface area contributed by atoms with Crippen molar-refractivity contribution in [3.05, 3.63) is 35.9 Å². The average molecular weight is 388 g/mol. The van der Waals surface area contributed by atoms with E-state index in [-0.39, 0.29) is 2.14 Å². The zero-order valence-electron chi connectivity index (χ0n) is 8.47. The van der Waals surface area contributed by atoms with Crippen molar-refractivity contribution in [3.63, 3.8) is 0 Å². The minimum Gasteiger partial charge on any atom is -0.312 e. The summed E-state index contributed by atoms with van der Waals surface area (Å²) in [6.07, 6.45) is 0. The first-order chi connectivity index (χ1) is 6.34. The van der Waals surface area contributed by atoms with Gasteiger partial charge in [-0.05, 0) is 26.7 Å². The fourth-order valence-corrected chi connectivity index (χ4v) is 1.42. The third-order valence-electron chi connectivity index (χ3n) is 1.10. The van der Waals surface area contributed by atoms with E-state index in [0.717, 1.165) is 5.56 Å². The minimum atomic E-state index is -0.270. The molecule has 0 aliphatic rings. The summed E-state index contributed by atoms with van der Waals surface area (Å²) in [6.45, 7) is 0. The van der Waals surface area contributed by atoms with Crippen LogP contribution in [0.3, 0.4) is 0 Å². The van der Waals surface area contributed by atoms with Crippen molar-refractivity contribution in [1.29, 1.82) is 0 Å². The molecule has 1 nitrogen and oxygen atoms in total. The molecule has 0 atom stereocenters. The minimum absolute atomic E-state index is 0.270.